The van der Waals surface area contributed by atoms with Gasteiger partial charge in [-0.2, -0.15) is 0 Å². The van der Waals surface area contributed by atoms with Gasteiger partial charge in [0.05, 0.1) is 18.8 Å². The van der Waals surface area contributed by atoms with Crippen LogP contribution in [-0.2, 0) is 28.8 Å². The molecule has 0 spiro atoms. The minimum Gasteiger partial charge on any atom is -0.481 e. The summed E-state index contributed by atoms with van der Waals surface area (Å²) in [4.78, 5) is 13.4. The number of halogens is 1. The third kappa shape index (κ3) is 7.29. The van der Waals surface area contributed by atoms with E-state index in [1.54, 1.807) is 0 Å². The van der Waals surface area contributed by atoms with Gasteiger partial charge in [-0.3, -0.25) is 9.69 Å². The first-order valence-corrected chi connectivity index (χ1v) is 12.8. The summed E-state index contributed by atoms with van der Waals surface area (Å²) < 4.78 is 6.06. The van der Waals surface area contributed by atoms with E-state index in [1.807, 2.05) is 38.1 Å². The van der Waals surface area contributed by atoms with Crippen molar-refractivity contribution in [1.82, 2.24) is 4.90 Å². The number of carboxylic acid groups (broad SMARTS) is 1. The predicted octanol–water partition coefficient (Wildman–Crippen LogP) is 5.37. The molecule has 5 nitrogen and oxygen atoms in total. The molecule has 2 aromatic carbocycles. The van der Waals surface area contributed by atoms with E-state index in [2.05, 4.69) is 24.0 Å². The van der Waals surface area contributed by atoms with Gasteiger partial charge in [-0.25, -0.2) is 0 Å². The number of aliphatic carboxylic acids is 1. The van der Waals surface area contributed by atoms with E-state index in [0.29, 0.717) is 19.0 Å². The molecule has 0 aromatic heterocycles. The molecule has 1 heterocycles. The maximum absolute atomic E-state index is 11.1. The number of β-amino-alcohol motifs (C(OH)–C–C–N with tert-alkyl or cyclic N) is 1. The summed E-state index contributed by atoms with van der Waals surface area (Å²) in [6.07, 6.45) is 3.94. The Kier molecular flexibility index (Phi) is 9.96. The van der Waals surface area contributed by atoms with Gasteiger partial charge < -0.3 is 14.9 Å². The molecule has 2 N–H and O–H groups in total. The Balaban J connectivity index is 1.55. The second-order valence-corrected chi connectivity index (χ2v) is 9.85. The highest BCUT2D eigenvalue weighted by atomic mass is 35.5. The number of hydrogen-bond acceptors (Lipinski definition) is 4. The lowest BCUT2D eigenvalue weighted by Gasteiger charge is -2.28. The van der Waals surface area contributed by atoms with Crippen LogP contribution in [0.5, 0.6) is 0 Å². The van der Waals surface area contributed by atoms with Gasteiger partial charge in [-0.15, -0.1) is 0 Å². The molecule has 0 bridgehead atoms. The molecule has 0 radical (unpaired) electrons. The largest absolute Gasteiger partial charge is 0.481 e. The summed E-state index contributed by atoms with van der Waals surface area (Å²) in [5.41, 5.74) is 5.59. The average Bonchev–Trinajstić information content (AvgIpc) is 3.23. The number of rotatable bonds is 12. The van der Waals surface area contributed by atoms with Crippen LogP contribution in [0.3, 0.4) is 0 Å². The number of aryl methyl sites for hydroxylation is 2. The molecule has 0 amide bonds. The van der Waals surface area contributed by atoms with Crippen LogP contribution >= 0.6 is 11.6 Å². The lowest BCUT2D eigenvalue weighted by atomic mass is 9.95. The van der Waals surface area contributed by atoms with Gasteiger partial charge in [-0.1, -0.05) is 48.9 Å². The van der Waals surface area contributed by atoms with Gasteiger partial charge in [0.15, 0.2) is 0 Å². The fraction of sp³-hybridized carbons (Fsp3) is 0.536. The molecule has 1 fully saturated rings. The molecule has 1 saturated heterocycles. The Hall–Kier alpha value is -1.92. The molecule has 0 unspecified atom stereocenters. The van der Waals surface area contributed by atoms with Gasteiger partial charge in [0.2, 0.25) is 0 Å². The van der Waals surface area contributed by atoms with Crippen molar-refractivity contribution in [1.29, 1.82) is 0 Å². The lowest BCUT2D eigenvalue weighted by molar-refractivity contribution is -0.136. The van der Waals surface area contributed by atoms with Gasteiger partial charge >= 0.3 is 5.97 Å². The Morgan fingerprint density at radius 1 is 1.29 bits per heavy atom. The van der Waals surface area contributed by atoms with E-state index in [1.165, 1.54) is 11.1 Å². The first kappa shape index (κ1) is 26.7. The fourth-order valence-corrected chi connectivity index (χ4v) is 5.26. The van der Waals surface area contributed by atoms with Crippen molar-refractivity contribution in [2.24, 2.45) is 0 Å². The third-order valence-electron chi connectivity index (χ3n) is 6.92. The van der Waals surface area contributed by atoms with Crippen LogP contribution in [0.1, 0.15) is 67.0 Å². The summed E-state index contributed by atoms with van der Waals surface area (Å²) in [5.74, 6) is -0.803. The maximum Gasteiger partial charge on any atom is 0.303 e. The van der Waals surface area contributed by atoms with E-state index < -0.39 is 12.1 Å². The van der Waals surface area contributed by atoms with Gasteiger partial charge in [0, 0.05) is 24.0 Å². The molecule has 6 heteroatoms. The number of nitrogens with zero attached hydrogens (tertiary/aromatic N) is 1. The summed E-state index contributed by atoms with van der Waals surface area (Å²) in [7, 11) is 0. The van der Waals surface area contributed by atoms with Crippen LogP contribution in [0, 0.1) is 6.92 Å². The van der Waals surface area contributed by atoms with Crippen molar-refractivity contribution < 1.29 is 19.7 Å². The Bertz CT molecular complexity index is 963. The van der Waals surface area contributed by atoms with E-state index in [0.717, 1.165) is 53.9 Å². The molecule has 1 aliphatic rings. The first-order chi connectivity index (χ1) is 16.3. The second kappa shape index (κ2) is 12.7. The molecule has 3 rings (SSSR count). The first-order valence-electron chi connectivity index (χ1n) is 12.4. The van der Waals surface area contributed by atoms with Gasteiger partial charge in [-0.05, 0) is 86.4 Å². The van der Waals surface area contributed by atoms with Crippen LogP contribution in [0.4, 0.5) is 0 Å². The zero-order valence-electron chi connectivity index (χ0n) is 20.6. The zero-order valence-corrected chi connectivity index (χ0v) is 21.4. The molecule has 2 aromatic rings. The molecule has 34 heavy (non-hydrogen) atoms. The fourth-order valence-electron chi connectivity index (χ4n) is 5.01. The molecule has 3 atom stereocenters. The van der Waals surface area contributed by atoms with E-state index in [-0.39, 0.29) is 19.1 Å². The lowest BCUT2D eigenvalue weighted by Crippen LogP contribution is -2.39. The number of likely N-dealkylation sites (tertiary alicyclic amines) is 1. The second-order valence-electron chi connectivity index (χ2n) is 9.44. The summed E-state index contributed by atoms with van der Waals surface area (Å²) >= 11 is 6.28. The van der Waals surface area contributed by atoms with Crippen LogP contribution in [0.25, 0.3) is 0 Å². The molecule has 1 aliphatic heterocycles. The normalized spacial score (nSPS) is 18.2. The highest BCUT2D eigenvalue weighted by molar-refractivity contribution is 6.31. The van der Waals surface area contributed by atoms with Crippen molar-refractivity contribution >= 4 is 17.6 Å². The summed E-state index contributed by atoms with van der Waals surface area (Å²) in [6.45, 7) is 7.91. The van der Waals surface area contributed by atoms with Crippen LogP contribution in [0.2, 0.25) is 5.02 Å². The summed E-state index contributed by atoms with van der Waals surface area (Å²) in [5, 5.41) is 20.7. The predicted molar refractivity (Wildman–Crippen MR) is 137 cm³/mol. The minimum absolute atomic E-state index is 0.0942. The quantitative estimate of drug-likeness (QED) is 0.421. The highest BCUT2D eigenvalue weighted by Crippen LogP contribution is 2.27. The summed E-state index contributed by atoms with van der Waals surface area (Å²) in [6, 6.07) is 12.7. The number of carboxylic acids is 1. The topological polar surface area (TPSA) is 70.0 Å². The molecule has 0 saturated carbocycles. The van der Waals surface area contributed by atoms with Crippen LogP contribution in [0.15, 0.2) is 36.4 Å². The third-order valence-corrected chi connectivity index (χ3v) is 7.29. The van der Waals surface area contributed by atoms with Crippen LogP contribution < -0.4 is 0 Å². The number of aliphatic hydroxyl groups is 1. The van der Waals surface area contributed by atoms with Crippen molar-refractivity contribution in [3.63, 3.8) is 0 Å². The minimum atomic E-state index is -0.803. The van der Waals surface area contributed by atoms with E-state index in [9.17, 15) is 9.90 Å². The van der Waals surface area contributed by atoms with Crippen LogP contribution in [-0.4, -0.2) is 52.9 Å². The SMILES string of the molecule is CCc1cc(C[C@@H]2CCCN2C[C@@H](O)CO[C@H](C)c2cccc(C)c2CCC(=O)O)ccc1Cl. The number of hydrogen-bond donors (Lipinski definition) is 2. The van der Waals surface area contributed by atoms with E-state index in [4.69, 9.17) is 21.4 Å². The average molecular weight is 488 g/mol. The Morgan fingerprint density at radius 2 is 2.09 bits per heavy atom. The van der Waals surface area contributed by atoms with Crippen molar-refractivity contribution in [3.05, 3.63) is 69.2 Å². The monoisotopic (exact) mass is 487 g/mol. The standard InChI is InChI=1S/C28H38ClNO4/c1-4-22-15-21(10-12-27(22)29)16-23-8-6-14-30(23)17-24(31)18-34-20(3)26-9-5-7-19(2)25(26)11-13-28(32)33/h5,7,9-10,12,15,20,23-24,31H,4,6,8,11,13-14,16-18H2,1-3H3,(H,32,33)/t20-,23+,24-/m1/s1. The molecular formula is C28H38ClNO4. The van der Waals surface area contributed by atoms with E-state index >= 15 is 0 Å². The molecule has 0 aliphatic carbocycles. The van der Waals surface area contributed by atoms with Crippen molar-refractivity contribution in [2.75, 3.05) is 19.7 Å². The smallest absolute Gasteiger partial charge is 0.303 e. The molecular weight excluding hydrogens is 450 g/mol. The number of carbonyl (C=O) groups is 1. The van der Waals surface area contributed by atoms with Crippen molar-refractivity contribution in [3.8, 4) is 0 Å². The Morgan fingerprint density at radius 3 is 2.82 bits per heavy atom. The maximum atomic E-state index is 11.1. The number of benzene rings is 2. The van der Waals surface area contributed by atoms with Crippen molar-refractivity contribution in [2.45, 2.75) is 77.5 Å². The van der Waals surface area contributed by atoms with Gasteiger partial charge in [0.1, 0.15) is 0 Å². The number of ether oxygens (including phenoxy) is 1. The number of aliphatic hydroxyl groups excluding tert-OH is 1. The zero-order chi connectivity index (χ0) is 24.7. The van der Waals surface area contributed by atoms with Gasteiger partial charge in [0.25, 0.3) is 0 Å². The highest BCUT2D eigenvalue weighted by Gasteiger charge is 2.27. The molecule has 186 valence electrons. The Labute approximate surface area is 208 Å².